The van der Waals surface area contributed by atoms with Crippen molar-refractivity contribution in [3.8, 4) is 0 Å². The Morgan fingerprint density at radius 2 is 0.808 bits per heavy atom. The summed E-state index contributed by atoms with van der Waals surface area (Å²) >= 11 is 0. The molecule has 0 unspecified atom stereocenters. The van der Waals surface area contributed by atoms with Crippen LogP contribution in [0.15, 0.2) is 93.5 Å². The molecule has 0 radical (unpaired) electrons. The minimum Gasteiger partial charge on any atom is -0.418 e. The molecule has 0 fully saturated rings. The Hall–Kier alpha value is -2.35. The van der Waals surface area contributed by atoms with Gasteiger partial charge in [-0.25, -0.2) is 8.78 Å². The Kier molecular flexibility index (Phi) is 6.80. The van der Waals surface area contributed by atoms with Gasteiger partial charge in [0.1, 0.15) is 11.6 Å². The molecule has 0 aliphatic heterocycles. The predicted octanol–water partition coefficient (Wildman–Crippen LogP) is 6.36. The molecule has 0 saturated carbocycles. The lowest BCUT2D eigenvalue weighted by Crippen LogP contribution is -2.04. The van der Waals surface area contributed by atoms with E-state index in [-0.39, 0.29) is 22.5 Å². The highest BCUT2D eigenvalue weighted by molar-refractivity contribution is 7.97. The van der Waals surface area contributed by atoms with Gasteiger partial charge >= 0.3 is 7.25 Å². The third kappa shape index (κ3) is 6.52. The molecule has 8 heteroatoms. The Morgan fingerprint density at radius 1 is 0.500 bits per heavy atom. The van der Waals surface area contributed by atoms with Crippen molar-refractivity contribution in [1.82, 2.24) is 0 Å². The van der Waals surface area contributed by atoms with E-state index in [1.54, 1.807) is 24.3 Å². The minimum atomic E-state index is -6.00. The first-order chi connectivity index (χ1) is 12.2. The van der Waals surface area contributed by atoms with Crippen molar-refractivity contribution in [1.29, 1.82) is 0 Å². The summed E-state index contributed by atoms with van der Waals surface area (Å²) in [5, 5.41) is 0. The molecular weight excluding hydrogens is 373 g/mol. The van der Waals surface area contributed by atoms with Gasteiger partial charge in [0.25, 0.3) is 0 Å². The largest absolute Gasteiger partial charge is 0.673 e. The summed E-state index contributed by atoms with van der Waals surface area (Å²) in [4.78, 5) is 3.14. The van der Waals surface area contributed by atoms with E-state index in [4.69, 9.17) is 0 Å². The van der Waals surface area contributed by atoms with E-state index in [2.05, 4.69) is 0 Å². The van der Waals surface area contributed by atoms with E-state index in [1.807, 2.05) is 30.3 Å². The second kappa shape index (κ2) is 8.85. The zero-order valence-corrected chi connectivity index (χ0v) is 14.1. The van der Waals surface area contributed by atoms with Crippen LogP contribution < -0.4 is 0 Å². The molecule has 0 N–H and O–H groups in total. The highest BCUT2D eigenvalue weighted by Crippen LogP contribution is 2.31. The van der Waals surface area contributed by atoms with E-state index >= 15 is 0 Å². The molecule has 0 nitrogen and oxygen atoms in total. The van der Waals surface area contributed by atoms with Crippen molar-refractivity contribution in [2.75, 3.05) is 0 Å². The van der Waals surface area contributed by atoms with Crippen LogP contribution >= 0.6 is 0 Å². The lowest BCUT2D eigenvalue weighted by molar-refractivity contribution is 0.368. The third-order valence-electron chi connectivity index (χ3n) is 3.08. The smallest absolute Gasteiger partial charge is 0.418 e. The monoisotopic (exact) mass is 386 g/mol. The van der Waals surface area contributed by atoms with Crippen molar-refractivity contribution < 1.29 is 26.0 Å². The van der Waals surface area contributed by atoms with Gasteiger partial charge in [-0.05, 0) is 60.7 Å². The first-order valence-electron chi connectivity index (χ1n) is 7.42. The number of hydrogen-bond acceptors (Lipinski definition) is 0. The third-order valence-corrected chi connectivity index (χ3v) is 5.31. The highest BCUT2D eigenvalue weighted by atomic mass is 32.2. The van der Waals surface area contributed by atoms with Gasteiger partial charge in [0, 0.05) is 0 Å². The number of hydrogen-bond donors (Lipinski definition) is 0. The summed E-state index contributed by atoms with van der Waals surface area (Å²) in [7, 11) is -6.36. The van der Waals surface area contributed by atoms with Gasteiger partial charge in [-0.3, -0.25) is 0 Å². The molecule has 0 aliphatic rings. The fourth-order valence-corrected chi connectivity index (χ4v) is 4.17. The van der Waals surface area contributed by atoms with Crippen LogP contribution in [0.5, 0.6) is 0 Å². The molecule has 3 aromatic carbocycles. The van der Waals surface area contributed by atoms with Gasteiger partial charge in [-0.15, -0.1) is 0 Å². The maximum absolute atomic E-state index is 13.2. The molecule has 0 amide bonds. The van der Waals surface area contributed by atoms with Crippen LogP contribution in [0.2, 0.25) is 0 Å². The molecule has 0 atom stereocenters. The number of benzene rings is 3. The first kappa shape index (κ1) is 20.0. The fraction of sp³-hybridized carbons (Fsp3) is 0. The Balaban J connectivity index is 0.000000431. The summed E-state index contributed by atoms with van der Waals surface area (Å²) in [5.74, 6) is -0.510. The first-order valence-corrected chi connectivity index (χ1v) is 8.64. The van der Waals surface area contributed by atoms with Crippen molar-refractivity contribution in [2.45, 2.75) is 14.7 Å². The molecule has 0 aromatic heterocycles. The summed E-state index contributed by atoms with van der Waals surface area (Å²) < 4.78 is 65.3. The van der Waals surface area contributed by atoms with Gasteiger partial charge in [-0.1, -0.05) is 18.2 Å². The molecule has 136 valence electrons. The van der Waals surface area contributed by atoms with Crippen LogP contribution in [0.4, 0.5) is 26.0 Å². The zero-order valence-electron chi connectivity index (χ0n) is 13.3. The van der Waals surface area contributed by atoms with E-state index in [0.717, 1.165) is 14.7 Å². The SMILES string of the molecule is F[B-](F)(F)F.Fc1ccc([S+](c2ccccc2)c2ccc(F)cc2)cc1. The zero-order chi connectivity index (χ0) is 19.2. The topological polar surface area (TPSA) is 0 Å². The normalized spacial score (nSPS) is 11.0. The van der Waals surface area contributed by atoms with Crippen molar-refractivity contribution in [3.05, 3.63) is 90.5 Å². The van der Waals surface area contributed by atoms with Crippen molar-refractivity contribution in [2.24, 2.45) is 0 Å². The molecule has 3 rings (SSSR count). The van der Waals surface area contributed by atoms with E-state index < -0.39 is 7.25 Å². The number of halogens is 6. The lowest BCUT2D eigenvalue weighted by atomic mass is 10.3. The van der Waals surface area contributed by atoms with Crippen molar-refractivity contribution >= 4 is 18.1 Å². The van der Waals surface area contributed by atoms with Gasteiger partial charge < -0.3 is 17.3 Å². The van der Waals surface area contributed by atoms with Crippen LogP contribution in [0, 0.1) is 11.6 Å². The molecule has 0 saturated heterocycles. The van der Waals surface area contributed by atoms with Gasteiger partial charge in [-0.2, -0.15) is 0 Å². The Bertz CT molecular complexity index is 752. The van der Waals surface area contributed by atoms with E-state index in [9.17, 15) is 26.0 Å². The quantitative estimate of drug-likeness (QED) is 0.279. The Morgan fingerprint density at radius 3 is 1.15 bits per heavy atom. The van der Waals surface area contributed by atoms with Crippen LogP contribution in [0.3, 0.4) is 0 Å². The summed E-state index contributed by atoms with van der Waals surface area (Å²) in [5.41, 5.74) is 0. The second-order valence-electron chi connectivity index (χ2n) is 5.02. The van der Waals surface area contributed by atoms with Crippen LogP contribution in [0.1, 0.15) is 0 Å². The molecule has 0 aliphatic carbocycles. The molecule has 0 spiro atoms. The van der Waals surface area contributed by atoms with E-state index in [0.29, 0.717) is 0 Å². The summed E-state index contributed by atoms with van der Waals surface area (Å²) in [6, 6.07) is 23.0. The highest BCUT2D eigenvalue weighted by Gasteiger charge is 2.28. The standard InChI is InChI=1S/C18H13F2S.BF4/c19-14-6-10-17(11-7-14)21(16-4-2-1-3-5-16)18-12-8-15(20)9-13-18;2-1(3,4)5/h1-13H;/q+1;-1. The van der Waals surface area contributed by atoms with Gasteiger partial charge in [0.2, 0.25) is 0 Å². The minimum absolute atomic E-state index is 0.255. The fourth-order valence-electron chi connectivity index (χ4n) is 2.11. The average Bonchev–Trinajstić information content (AvgIpc) is 2.58. The molecule has 26 heavy (non-hydrogen) atoms. The second-order valence-corrected chi connectivity index (χ2v) is 7.05. The number of rotatable bonds is 3. The maximum Gasteiger partial charge on any atom is 0.673 e. The van der Waals surface area contributed by atoms with E-state index in [1.165, 1.54) is 24.3 Å². The van der Waals surface area contributed by atoms with Gasteiger partial charge in [0.05, 0.1) is 10.9 Å². The summed E-state index contributed by atoms with van der Waals surface area (Å²) in [6.07, 6.45) is 0. The van der Waals surface area contributed by atoms with Crippen molar-refractivity contribution in [3.63, 3.8) is 0 Å². The molecule has 3 aromatic rings. The van der Waals surface area contributed by atoms with Gasteiger partial charge in [0.15, 0.2) is 14.7 Å². The maximum atomic E-state index is 13.2. The summed E-state index contributed by atoms with van der Waals surface area (Å²) in [6.45, 7) is 0. The van der Waals surface area contributed by atoms with Crippen LogP contribution in [-0.4, -0.2) is 7.25 Å². The lowest BCUT2D eigenvalue weighted by Gasteiger charge is -2.07. The van der Waals surface area contributed by atoms with Crippen LogP contribution in [-0.2, 0) is 10.9 Å². The van der Waals surface area contributed by atoms with Crippen LogP contribution in [0.25, 0.3) is 0 Å². The Labute approximate surface area is 149 Å². The molecule has 0 heterocycles. The average molecular weight is 386 g/mol. The molecular formula is C18H13BF6S. The predicted molar refractivity (Wildman–Crippen MR) is 91.6 cm³/mol. The molecule has 0 bridgehead atoms.